The summed E-state index contributed by atoms with van der Waals surface area (Å²) in [5, 5.41) is 4.07. The van der Waals surface area contributed by atoms with E-state index in [2.05, 4.69) is 5.10 Å². The smallest absolute Gasteiger partial charge is 0.263 e. The lowest BCUT2D eigenvalue weighted by atomic mass is 10.0. The van der Waals surface area contributed by atoms with E-state index in [0.29, 0.717) is 13.0 Å². The first-order valence-electron chi connectivity index (χ1n) is 5.46. The molecule has 1 aromatic rings. The van der Waals surface area contributed by atoms with E-state index in [1.165, 1.54) is 4.68 Å². The van der Waals surface area contributed by atoms with Gasteiger partial charge in [-0.15, -0.1) is 0 Å². The number of halogens is 2. The molecule has 1 aromatic heterocycles. The minimum Gasteiger partial charge on any atom is -0.263 e. The lowest BCUT2D eigenvalue weighted by Gasteiger charge is -2.21. The van der Waals surface area contributed by atoms with Crippen molar-refractivity contribution in [1.82, 2.24) is 9.78 Å². The van der Waals surface area contributed by atoms with Gasteiger partial charge in [0.05, 0.1) is 6.20 Å². The van der Waals surface area contributed by atoms with Crippen LogP contribution in [0.3, 0.4) is 0 Å². The molecule has 0 spiro atoms. The van der Waals surface area contributed by atoms with Crippen LogP contribution in [0, 0.1) is 5.41 Å². The molecule has 2 nitrogen and oxygen atoms in total. The average molecular weight is 212 g/mol. The molecule has 0 N–H and O–H groups in total. The molecule has 2 atom stereocenters. The lowest BCUT2D eigenvalue weighted by Crippen LogP contribution is -2.26. The van der Waals surface area contributed by atoms with Crippen LogP contribution in [0.2, 0.25) is 0 Å². The zero-order chi connectivity index (χ0) is 10.8. The topological polar surface area (TPSA) is 17.8 Å². The third kappa shape index (κ3) is 0.863. The first kappa shape index (κ1) is 9.31. The molecule has 0 aliphatic heterocycles. The van der Waals surface area contributed by atoms with Crippen molar-refractivity contribution in [2.45, 2.75) is 45.1 Å². The first-order valence-corrected chi connectivity index (χ1v) is 5.46. The van der Waals surface area contributed by atoms with E-state index in [1.807, 2.05) is 6.92 Å². The Morgan fingerprint density at radius 1 is 1.60 bits per heavy atom. The Bertz CT molecular complexity index is 424. The van der Waals surface area contributed by atoms with E-state index in [1.54, 1.807) is 13.1 Å². The van der Waals surface area contributed by atoms with Crippen LogP contribution in [0.1, 0.15) is 43.9 Å². The summed E-state index contributed by atoms with van der Waals surface area (Å²) in [4.78, 5) is 0. The standard InChI is InChI=1S/C11H14F2N2/c1-3-4-15-9-7(6-14-15)8-5-10(8,2)11(9,12)13/h6,8H,3-5H2,1-2H3/t8?,10-/m0/s1. The van der Waals surface area contributed by atoms with Crippen molar-refractivity contribution in [3.63, 3.8) is 0 Å². The summed E-state index contributed by atoms with van der Waals surface area (Å²) >= 11 is 0. The molecule has 0 aromatic carbocycles. The molecular formula is C11H14F2N2. The molecule has 0 amide bonds. The normalized spacial score (nSPS) is 35.1. The maximum absolute atomic E-state index is 14.1. The van der Waals surface area contributed by atoms with Crippen LogP contribution in [-0.4, -0.2) is 9.78 Å². The quantitative estimate of drug-likeness (QED) is 0.737. The van der Waals surface area contributed by atoms with Gasteiger partial charge in [-0.3, -0.25) is 4.68 Å². The van der Waals surface area contributed by atoms with Crippen LogP contribution < -0.4 is 0 Å². The Balaban J connectivity index is 2.13. The summed E-state index contributed by atoms with van der Waals surface area (Å²) in [6.45, 7) is 4.26. The highest BCUT2D eigenvalue weighted by atomic mass is 19.3. The SMILES string of the molecule is CCCn1ncc2c1C(F)(F)[C@@]1(C)CC21. The highest BCUT2D eigenvalue weighted by molar-refractivity contribution is 5.45. The molecule has 0 saturated heterocycles. The Morgan fingerprint density at radius 2 is 2.33 bits per heavy atom. The van der Waals surface area contributed by atoms with Crippen molar-refractivity contribution in [3.8, 4) is 0 Å². The van der Waals surface area contributed by atoms with Gasteiger partial charge in [-0.25, -0.2) is 0 Å². The summed E-state index contributed by atoms with van der Waals surface area (Å²) in [5.41, 5.74) is 0.162. The number of fused-ring (bicyclic) bond motifs is 3. The first-order chi connectivity index (χ1) is 7.02. The molecule has 1 saturated carbocycles. The Kier molecular flexibility index (Phi) is 1.50. The van der Waals surface area contributed by atoms with Crippen LogP contribution in [0.4, 0.5) is 8.78 Å². The average Bonchev–Trinajstić information content (AvgIpc) is 2.64. The minimum atomic E-state index is -2.68. The lowest BCUT2D eigenvalue weighted by molar-refractivity contribution is -0.0733. The van der Waals surface area contributed by atoms with Crippen LogP contribution in [-0.2, 0) is 12.5 Å². The number of alkyl halides is 2. The van der Waals surface area contributed by atoms with Crippen molar-refractivity contribution >= 4 is 0 Å². The zero-order valence-electron chi connectivity index (χ0n) is 8.93. The number of aromatic nitrogens is 2. The summed E-state index contributed by atoms with van der Waals surface area (Å²) in [7, 11) is 0. The van der Waals surface area contributed by atoms with Crippen molar-refractivity contribution in [2.24, 2.45) is 5.41 Å². The van der Waals surface area contributed by atoms with Crippen LogP contribution >= 0.6 is 0 Å². The van der Waals surface area contributed by atoms with Gasteiger partial charge in [0.1, 0.15) is 5.69 Å². The van der Waals surface area contributed by atoms with Gasteiger partial charge in [0.25, 0.3) is 5.92 Å². The van der Waals surface area contributed by atoms with Gasteiger partial charge in [0.15, 0.2) is 0 Å². The molecule has 1 heterocycles. The van der Waals surface area contributed by atoms with E-state index in [4.69, 9.17) is 0 Å². The summed E-state index contributed by atoms with van der Waals surface area (Å²) in [6, 6.07) is 0. The van der Waals surface area contributed by atoms with Gasteiger partial charge in [-0.1, -0.05) is 13.8 Å². The largest absolute Gasteiger partial charge is 0.295 e. The predicted molar refractivity (Wildman–Crippen MR) is 51.9 cm³/mol. The summed E-state index contributed by atoms with van der Waals surface area (Å²) in [5.74, 6) is -2.63. The molecule has 15 heavy (non-hydrogen) atoms. The Hall–Kier alpha value is -0.930. The van der Waals surface area contributed by atoms with Gasteiger partial charge in [0, 0.05) is 17.5 Å². The maximum Gasteiger partial charge on any atom is 0.295 e. The molecule has 82 valence electrons. The van der Waals surface area contributed by atoms with E-state index in [0.717, 1.165) is 12.0 Å². The molecule has 0 radical (unpaired) electrons. The van der Waals surface area contributed by atoms with Gasteiger partial charge < -0.3 is 0 Å². The van der Waals surface area contributed by atoms with Gasteiger partial charge in [0.2, 0.25) is 0 Å². The maximum atomic E-state index is 14.1. The monoisotopic (exact) mass is 212 g/mol. The van der Waals surface area contributed by atoms with Crippen molar-refractivity contribution in [2.75, 3.05) is 0 Å². The molecule has 2 aliphatic rings. The number of rotatable bonds is 2. The highest BCUT2D eigenvalue weighted by Crippen LogP contribution is 2.75. The van der Waals surface area contributed by atoms with Gasteiger partial charge >= 0.3 is 0 Å². The second-order valence-corrected chi connectivity index (χ2v) is 4.92. The van der Waals surface area contributed by atoms with Crippen LogP contribution in [0.15, 0.2) is 6.20 Å². The molecule has 2 aliphatic carbocycles. The van der Waals surface area contributed by atoms with E-state index in [-0.39, 0.29) is 11.6 Å². The van der Waals surface area contributed by atoms with Crippen molar-refractivity contribution < 1.29 is 8.78 Å². The molecule has 4 heteroatoms. The van der Waals surface area contributed by atoms with E-state index >= 15 is 0 Å². The number of hydrogen-bond acceptors (Lipinski definition) is 1. The number of hydrogen-bond donors (Lipinski definition) is 0. The molecular weight excluding hydrogens is 198 g/mol. The zero-order valence-corrected chi connectivity index (χ0v) is 8.93. The molecule has 3 rings (SSSR count). The molecule has 1 fully saturated rings. The molecule has 0 bridgehead atoms. The van der Waals surface area contributed by atoms with Crippen LogP contribution in [0.25, 0.3) is 0 Å². The fourth-order valence-corrected chi connectivity index (χ4v) is 2.82. The second-order valence-electron chi connectivity index (χ2n) is 4.92. The van der Waals surface area contributed by atoms with Crippen molar-refractivity contribution in [3.05, 3.63) is 17.5 Å². The fraction of sp³-hybridized carbons (Fsp3) is 0.727. The second kappa shape index (κ2) is 2.42. The molecule has 1 unspecified atom stereocenters. The highest BCUT2D eigenvalue weighted by Gasteiger charge is 2.74. The van der Waals surface area contributed by atoms with E-state index in [9.17, 15) is 8.78 Å². The predicted octanol–water partition coefficient (Wildman–Crippen LogP) is 2.89. The fourth-order valence-electron chi connectivity index (χ4n) is 2.82. The Labute approximate surface area is 87.3 Å². The van der Waals surface area contributed by atoms with Crippen LogP contribution in [0.5, 0.6) is 0 Å². The van der Waals surface area contributed by atoms with E-state index < -0.39 is 11.3 Å². The van der Waals surface area contributed by atoms with Gasteiger partial charge in [-0.05, 0) is 18.8 Å². The third-order valence-electron chi connectivity index (χ3n) is 3.93. The number of aryl methyl sites for hydroxylation is 1. The third-order valence-corrected chi connectivity index (χ3v) is 3.93. The number of nitrogens with zero attached hydrogens (tertiary/aromatic N) is 2. The summed E-state index contributed by atoms with van der Waals surface area (Å²) < 4.78 is 29.7. The van der Waals surface area contributed by atoms with Crippen molar-refractivity contribution in [1.29, 1.82) is 0 Å². The van der Waals surface area contributed by atoms with Gasteiger partial charge in [-0.2, -0.15) is 13.9 Å². The Morgan fingerprint density at radius 3 is 3.00 bits per heavy atom. The summed E-state index contributed by atoms with van der Waals surface area (Å²) in [6.07, 6.45) is 3.10. The minimum absolute atomic E-state index is 0.0492.